The SMILES string of the molecule is CCCC1CCN(CCC(NC)C(=O)OCC)CC1. The Morgan fingerprint density at radius 3 is 2.58 bits per heavy atom. The summed E-state index contributed by atoms with van der Waals surface area (Å²) in [6.07, 6.45) is 6.15. The minimum absolute atomic E-state index is 0.120. The summed E-state index contributed by atoms with van der Waals surface area (Å²) >= 11 is 0. The largest absolute Gasteiger partial charge is 0.465 e. The molecule has 0 aromatic carbocycles. The summed E-state index contributed by atoms with van der Waals surface area (Å²) < 4.78 is 5.06. The molecule has 1 fully saturated rings. The zero-order valence-electron chi connectivity index (χ0n) is 12.8. The van der Waals surface area contributed by atoms with E-state index in [-0.39, 0.29) is 12.0 Å². The van der Waals surface area contributed by atoms with E-state index < -0.39 is 0 Å². The van der Waals surface area contributed by atoms with Crippen molar-refractivity contribution in [1.82, 2.24) is 10.2 Å². The molecule has 1 unspecified atom stereocenters. The van der Waals surface area contributed by atoms with Gasteiger partial charge in [-0.2, -0.15) is 0 Å². The molecule has 0 aromatic heterocycles. The summed E-state index contributed by atoms with van der Waals surface area (Å²) in [7, 11) is 1.83. The van der Waals surface area contributed by atoms with E-state index in [0.29, 0.717) is 6.61 Å². The molecule has 0 aliphatic carbocycles. The van der Waals surface area contributed by atoms with E-state index in [1.807, 2.05) is 14.0 Å². The monoisotopic (exact) mass is 270 g/mol. The van der Waals surface area contributed by atoms with Gasteiger partial charge in [0.15, 0.2) is 0 Å². The first-order chi connectivity index (χ1) is 9.21. The van der Waals surface area contributed by atoms with Crippen molar-refractivity contribution in [2.45, 2.75) is 52.0 Å². The average molecular weight is 270 g/mol. The Balaban J connectivity index is 2.23. The van der Waals surface area contributed by atoms with Crippen LogP contribution in [0.1, 0.15) is 46.0 Å². The first kappa shape index (κ1) is 16.4. The fourth-order valence-corrected chi connectivity index (χ4v) is 2.84. The van der Waals surface area contributed by atoms with Crippen LogP contribution in [0.3, 0.4) is 0 Å². The number of esters is 1. The Labute approximate surface area is 117 Å². The first-order valence-electron chi connectivity index (χ1n) is 7.77. The molecule has 0 saturated carbocycles. The van der Waals surface area contributed by atoms with Gasteiger partial charge in [0.2, 0.25) is 0 Å². The van der Waals surface area contributed by atoms with Crippen molar-refractivity contribution in [3.05, 3.63) is 0 Å². The van der Waals surface area contributed by atoms with Crippen LogP contribution in [0.25, 0.3) is 0 Å². The highest BCUT2D eigenvalue weighted by Crippen LogP contribution is 2.21. The van der Waals surface area contributed by atoms with E-state index in [1.165, 1.54) is 38.8 Å². The van der Waals surface area contributed by atoms with E-state index >= 15 is 0 Å². The number of rotatable bonds is 8. The molecule has 1 saturated heterocycles. The standard InChI is InChI=1S/C15H30N2O2/c1-4-6-13-7-10-17(11-8-13)12-9-14(16-3)15(18)19-5-2/h13-14,16H,4-12H2,1-3H3. The van der Waals surface area contributed by atoms with Gasteiger partial charge >= 0.3 is 5.97 Å². The molecule has 1 aliphatic rings. The number of ether oxygens (including phenoxy) is 1. The summed E-state index contributed by atoms with van der Waals surface area (Å²) in [5.74, 6) is 0.803. The second-order valence-electron chi connectivity index (χ2n) is 5.46. The molecule has 112 valence electrons. The van der Waals surface area contributed by atoms with Crippen LogP contribution in [0.2, 0.25) is 0 Å². The molecule has 0 spiro atoms. The zero-order valence-corrected chi connectivity index (χ0v) is 12.8. The van der Waals surface area contributed by atoms with E-state index in [2.05, 4.69) is 17.1 Å². The van der Waals surface area contributed by atoms with Gasteiger partial charge in [-0.15, -0.1) is 0 Å². The molecule has 19 heavy (non-hydrogen) atoms. The maximum atomic E-state index is 11.7. The lowest BCUT2D eigenvalue weighted by Gasteiger charge is -2.32. The van der Waals surface area contributed by atoms with Crippen LogP contribution in [0.5, 0.6) is 0 Å². The van der Waals surface area contributed by atoms with E-state index in [0.717, 1.165) is 18.9 Å². The normalized spacial score (nSPS) is 19.3. The van der Waals surface area contributed by atoms with Gasteiger partial charge in [-0.1, -0.05) is 19.8 Å². The topological polar surface area (TPSA) is 41.6 Å². The van der Waals surface area contributed by atoms with Crippen LogP contribution >= 0.6 is 0 Å². The highest BCUT2D eigenvalue weighted by atomic mass is 16.5. The molecular formula is C15H30N2O2. The van der Waals surface area contributed by atoms with Gasteiger partial charge in [-0.25, -0.2) is 0 Å². The van der Waals surface area contributed by atoms with Gasteiger partial charge < -0.3 is 15.0 Å². The summed E-state index contributed by atoms with van der Waals surface area (Å²) in [5, 5.41) is 3.05. The molecule has 0 amide bonds. The van der Waals surface area contributed by atoms with Crippen LogP contribution in [-0.2, 0) is 9.53 Å². The quantitative estimate of drug-likeness (QED) is 0.685. The second-order valence-corrected chi connectivity index (χ2v) is 5.46. The Hall–Kier alpha value is -0.610. The third kappa shape index (κ3) is 5.91. The minimum atomic E-state index is -0.159. The predicted octanol–water partition coefficient (Wildman–Crippen LogP) is 2.04. The third-order valence-corrected chi connectivity index (χ3v) is 4.06. The van der Waals surface area contributed by atoms with Crippen molar-refractivity contribution >= 4 is 5.97 Å². The zero-order chi connectivity index (χ0) is 14.1. The number of nitrogens with one attached hydrogen (secondary N) is 1. The smallest absolute Gasteiger partial charge is 0.323 e. The summed E-state index contributed by atoms with van der Waals surface area (Å²) in [4.78, 5) is 14.2. The lowest BCUT2D eigenvalue weighted by molar-refractivity contribution is -0.145. The minimum Gasteiger partial charge on any atom is -0.465 e. The fraction of sp³-hybridized carbons (Fsp3) is 0.933. The van der Waals surface area contributed by atoms with E-state index in [4.69, 9.17) is 4.74 Å². The third-order valence-electron chi connectivity index (χ3n) is 4.06. The number of carbonyl (C=O) groups excluding carboxylic acids is 1. The van der Waals surface area contributed by atoms with Crippen molar-refractivity contribution in [2.75, 3.05) is 33.3 Å². The molecule has 4 heteroatoms. The van der Waals surface area contributed by atoms with Gasteiger partial charge in [0.05, 0.1) is 6.61 Å². The maximum Gasteiger partial charge on any atom is 0.323 e. The number of nitrogens with zero attached hydrogens (tertiary/aromatic N) is 1. The van der Waals surface area contributed by atoms with Crippen molar-refractivity contribution in [3.63, 3.8) is 0 Å². The lowest BCUT2D eigenvalue weighted by Crippen LogP contribution is -2.41. The van der Waals surface area contributed by atoms with Gasteiger partial charge in [-0.05, 0) is 52.2 Å². The Morgan fingerprint density at radius 1 is 1.37 bits per heavy atom. The number of likely N-dealkylation sites (N-methyl/N-ethyl adjacent to an activating group) is 1. The predicted molar refractivity (Wildman–Crippen MR) is 78.2 cm³/mol. The number of hydrogen-bond donors (Lipinski definition) is 1. The molecule has 4 nitrogen and oxygen atoms in total. The average Bonchev–Trinajstić information content (AvgIpc) is 2.42. The van der Waals surface area contributed by atoms with Gasteiger partial charge in [0, 0.05) is 6.54 Å². The molecule has 0 aromatic rings. The number of carbonyl (C=O) groups is 1. The molecular weight excluding hydrogens is 240 g/mol. The molecule has 1 N–H and O–H groups in total. The van der Waals surface area contributed by atoms with Crippen LogP contribution < -0.4 is 5.32 Å². The van der Waals surface area contributed by atoms with Crippen molar-refractivity contribution in [1.29, 1.82) is 0 Å². The van der Waals surface area contributed by atoms with E-state index in [9.17, 15) is 4.79 Å². The molecule has 1 heterocycles. The number of hydrogen-bond acceptors (Lipinski definition) is 4. The van der Waals surface area contributed by atoms with Crippen LogP contribution in [0.15, 0.2) is 0 Å². The Bertz CT molecular complexity index is 251. The molecule has 1 rings (SSSR count). The van der Waals surface area contributed by atoms with Crippen molar-refractivity contribution in [2.24, 2.45) is 5.92 Å². The summed E-state index contributed by atoms with van der Waals surface area (Å²) in [6, 6.07) is -0.159. The fourth-order valence-electron chi connectivity index (χ4n) is 2.84. The summed E-state index contributed by atoms with van der Waals surface area (Å²) in [5.41, 5.74) is 0. The number of likely N-dealkylation sites (tertiary alicyclic amines) is 1. The van der Waals surface area contributed by atoms with E-state index in [1.54, 1.807) is 0 Å². The highest BCUT2D eigenvalue weighted by molar-refractivity contribution is 5.75. The molecule has 0 bridgehead atoms. The van der Waals surface area contributed by atoms with Crippen LogP contribution in [0, 0.1) is 5.92 Å². The van der Waals surface area contributed by atoms with Crippen molar-refractivity contribution in [3.8, 4) is 0 Å². The maximum absolute atomic E-state index is 11.7. The first-order valence-corrected chi connectivity index (χ1v) is 7.77. The van der Waals surface area contributed by atoms with Crippen LogP contribution in [-0.4, -0.2) is 50.2 Å². The van der Waals surface area contributed by atoms with Crippen molar-refractivity contribution < 1.29 is 9.53 Å². The molecule has 1 aliphatic heterocycles. The molecule has 1 atom stereocenters. The lowest BCUT2D eigenvalue weighted by atomic mass is 9.92. The Morgan fingerprint density at radius 2 is 2.05 bits per heavy atom. The number of piperidine rings is 1. The second kappa shape index (κ2) is 9.32. The van der Waals surface area contributed by atoms with Crippen LogP contribution in [0.4, 0.5) is 0 Å². The van der Waals surface area contributed by atoms with Gasteiger partial charge in [-0.3, -0.25) is 4.79 Å². The van der Waals surface area contributed by atoms with Gasteiger partial charge in [0.1, 0.15) is 6.04 Å². The van der Waals surface area contributed by atoms with Gasteiger partial charge in [0.25, 0.3) is 0 Å². The summed E-state index contributed by atoms with van der Waals surface area (Å²) in [6.45, 7) is 7.93. The molecule has 0 radical (unpaired) electrons. The Kier molecular flexibility index (Phi) is 8.07. The highest BCUT2D eigenvalue weighted by Gasteiger charge is 2.22.